The summed E-state index contributed by atoms with van der Waals surface area (Å²) >= 11 is 0. The molecule has 0 bridgehead atoms. The number of hydrogen-bond donors (Lipinski definition) is 0. The van der Waals surface area contributed by atoms with Gasteiger partial charge in [0.15, 0.2) is 0 Å². The van der Waals surface area contributed by atoms with Crippen molar-refractivity contribution in [3.05, 3.63) is 0 Å². The molecule has 0 aromatic carbocycles. The van der Waals surface area contributed by atoms with Gasteiger partial charge in [-0.15, -0.1) is 0 Å². The van der Waals surface area contributed by atoms with Crippen molar-refractivity contribution < 1.29 is 9.53 Å². The maximum absolute atomic E-state index is 12.2. The van der Waals surface area contributed by atoms with Gasteiger partial charge < -0.3 is 4.74 Å². The van der Waals surface area contributed by atoms with Crippen molar-refractivity contribution in [2.45, 2.75) is 79.1 Å². The van der Waals surface area contributed by atoms with Gasteiger partial charge in [0.2, 0.25) is 0 Å². The second kappa shape index (κ2) is 6.07. The summed E-state index contributed by atoms with van der Waals surface area (Å²) in [5.74, 6) is 1.65. The van der Waals surface area contributed by atoms with E-state index in [0.717, 1.165) is 18.3 Å². The third-order valence-corrected chi connectivity index (χ3v) is 6.10. The van der Waals surface area contributed by atoms with E-state index in [4.69, 9.17) is 4.74 Å². The molecular weight excluding hydrogens is 248 g/mol. The minimum absolute atomic E-state index is 0.0147. The summed E-state index contributed by atoms with van der Waals surface area (Å²) in [5.41, 5.74) is -0.111. The fourth-order valence-corrected chi connectivity index (χ4v) is 4.17. The predicted molar refractivity (Wildman–Crippen MR) is 82.4 cm³/mol. The van der Waals surface area contributed by atoms with Crippen LogP contribution in [0.3, 0.4) is 0 Å². The summed E-state index contributed by atoms with van der Waals surface area (Å²) in [6, 6.07) is 0. The Labute approximate surface area is 124 Å². The normalized spacial score (nSPS) is 34.4. The van der Waals surface area contributed by atoms with Gasteiger partial charge in [0.05, 0.1) is 12.0 Å². The zero-order valence-corrected chi connectivity index (χ0v) is 13.8. The smallest absolute Gasteiger partial charge is 0.311 e. The molecule has 116 valence electrons. The molecule has 2 aliphatic carbocycles. The van der Waals surface area contributed by atoms with E-state index < -0.39 is 0 Å². The molecule has 0 heterocycles. The molecule has 0 aromatic rings. The van der Waals surface area contributed by atoms with Crippen molar-refractivity contribution in [2.75, 3.05) is 6.61 Å². The van der Waals surface area contributed by atoms with Crippen LogP contribution in [0.5, 0.6) is 0 Å². The highest BCUT2D eigenvalue weighted by Crippen LogP contribution is 2.51. The van der Waals surface area contributed by atoms with Crippen molar-refractivity contribution in [2.24, 2.45) is 22.7 Å². The van der Waals surface area contributed by atoms with Crippen LogP contribution in [0.2, 0.25) is 0 Å². The van der Waals surface area contributed by atoms with Crippen LogP contribution in [0, 0.1) is 22.7 Å². The first-order valence-electron chi connectivity index (χ1n) is 8.56. The Kier molecular flexibility index (Phi) is 4.81. The molecule has 20 heavy (non-hydrogen) atoms. The van der Waals surface area contributed by atoms with Crippen molar-refractivity contribution in [1.82, 2.24) is 0 Å². The minimum atomic E-state index is -0.336. The Morgan fingerprint density at radius 2 is 1.85 bits per heavy atom. The predicted octanol–water partition coefficient (Wildman–Crippen LogP) is 4.96. The van der Waals surface area contributed by atoms with Crippen LogP contribution in [0.1, 0.15) is 79.1 Å². The largest absolute Gasteiger partial charge is 0.465 e. The Bertz CT molecular complexity index is 345. The molecule has 0 amide bonds. The molecule has 2 rings (SSSR count). The second-order valence-corrected chi connectivity index (χ2v) is 8.01. The second-order valence-electron chi connectivity index (χ2n) is 8.01. The summed E-state index contributed by atoms with van der Waals surface area (Å²) in [4.78, 5) is 12.2. The van der Waals surface area contributed by atoms with Crippen LogP contribution in [0.25, 0.3) is 0 Å². The van der Waals surface area contributed by atoms with Crippen LogP contribution in [-0.2, 0) is 9.53 Å². The van der Waals surface area contributed by atoms with Gasteiger partial charge in [-0.2, -0.15) is 0 Å². The van der Waals surface area contributed by atoms with Crippen LogP contribution in [0.4, 0.5) is 0 Å². The molecule has 2 heteroatoms. The lowest BCUT2D eigenvalue weighted by Gasteiger charge is -2.48. The first-order valence-corrected chi connectivity index (χ1v) is 8.56. The standard InChI is InChI=1S/C18H32O2/c1-5-17(2,3)16(19)20-13-18(4)12-8-10-14-9-6-7-11-15(14)18/h14-15H,5-13H2,1-4H3. The Balaban J connectivity index is 1.97. The molecular formula is C18H32O2. The topological polar surface area (TPSA) is 26.3 Å². The number of esters is 1. The van der Waals surface area contributed by atoms with Gasteiger partial charge in [0.25, 0.3) is 0 Å². The van der Waals surface area contributed by atoms with Crippen LogP contribution < -0.4 is 0 Å². The van der Waals surface area contributed by atoms with Gasteiger partial charge in [-0.05, 0) is 44.9 Å². The maximum Gasteiger partial charge on any atom is 0.311 e. The number of hydrogen-bond acceptors (Lipinski definition) is 2. The molecule has 0 radical (unpaired) electrons. The van der Waals surface area contributed by atoms with E-state index in [1.54, 1.807) is 0 Å². The van der Waals surface area contributed by atoms with Crippen LogP contribution >= 0.6 is 0 Å². The Morgan fingerprint density at radius 1 is 1.20 bits per heavy atom. The molecule has 2 nitrogen and oxygen atoms in total. The van der Waals surface area contributed by atoms with E-state index in [2.05, 4.69) is 13.8 Å². The molecule has 0 saturated heterocycles. The molecule has 0 N–H and O–H groups in total. The van der Waals surface area contributed by atoms with E-state index in [1.807, 2.05) is 13.8 Å². The third-order valence-electron chi connectivity index (χ3n) is 6.10. The number of fused-ring (bicyclic) bond motifs is 1. The zero-order valence-electron chi connectivity index (χ0n) is 13.8. The van der Waals surface area contributed by atoms with Crippen molar-refractivity contribution in [1.29, 1.82) is 0 Å². The molecule has 0 aromatic heterocycles. The van der Waals surface area contributed by atoms with Crippen LogP contribution in [-0.4, -0.2) is 12.6 Å². The molecule has 2 saturated carbocycles. The van der Waals surface area contributed by atoms with Gasteiger partial charge in [-0.1, -0.05) is 46.0 Å². The minimum Gasteiger partial charge on any atom is -0.465 e. The highest BCUT2D eigenvalue weighted by Gasteiger charge is 2.44. The van der Waals surface area contributed by atoms with E-state index in [9.17, 15) is 4.79 Å². The van der Waals surface area contributed by atoms with Crippen molar-refractivity contribution in [3.63, 3.8) is 0 Å². The number of carbonyl (C=O) groups excluding carboxylic acids is 1. The molecule has 0 aliphatic heterocycles. The first kappa shape index (κ1) is 15.9. The van der Waals surface area contributed by atoms with E-state index in [1.165, 1.54) is 44.9 Å². The van der Waals surface area contributed by atoms with Gasteiger partial charge in [-0.3, -0.25) is 4.79 Å². The average Bonchev–Trinajstić information content (AvgIpc) is 2.45. The Hall–Kier alpha value is -0.530. The van der Waals surface area contributed by atoms with Crippen LogP contribution in [0.15, 0.2) is 0 Å². The average molecular weight is 280 g/mol. The molecule has 3 atom stereocenters. The van der Waals surface area contributed by atoms with E-state index in [0.29, 0.717) is 6.61 Å². The number of ether oxygens (including phenoxy) is 1. The van der Waals surface area contributed by atoms with E-state index in [-0.39, 0.29) is 16.8 Å². The van der Waals surface area contributed by atoms with E-state index >= 15 is 0 Å². The number of rotatable bonds is 4. The lowest BCUT2D eigenvalue weighted by atomic mass is 9.58. The van der Waals surface area contributed by atoms with Gasteiger partial charge in [0, 0.05) is 5.41 Å². The lowest BCUT2D eigenvalue weighted by Crippen LogP contribution is -2.43. The fraction of sp³-hybridized carbons (Fsp3) is 0.944. The molecule has 3 unspecified atom stereocenters. The zero-order chi connectivity index (χ0) is 14.8. The van der Waals surface area contributed by atoms with Crippen molar-refractivity contribution >= 4 is 5.97 Å². The van der Waals surface area contributed by atoms with Gasteiger partial charge >= 0.3 is 5.97 Å². The maximum atomic E-state index is 12.2. The number of carbonyl (C=O) groups is 1. The SMILES string of the molecule is CCC(C)(C)C(=O)OCC1(C)CCCC2CCCCC21. The summed E-state index contributed by atoms with van der Waals surface area (Å²) in [7, 11) is 0. The Morgan fingerprint density at radius 3 is 2.55 bits per heavy atom. The van der Waals surface area contributed by atoms with Gasteiger partial charge in [0.1, 0.15) is 0 Å². The van der Waals surface area contributed by atoms with Crippen molar-refractivity contribution in [3.8, 4) is 0 Å². The summed E-state index contributed by atoms with van der Waals surface area (Å²) in [6.45, 7) is 9.03. The summed E-state index contributed by atoms with van der Waals surface area (Å²) in [6.07, 6.45) is 10.3. The highest BCUT2D eigenvalue weighted by molar-refractivity contribution is 5.75. The lowest BCUT2D eigenvalue weighted by molar-refractivity contribution is -0.161. The fourth-order valence-electron chi connectivity index (χ4n) is 4.17. The van der Waals surface area contributed by atoms with Gasteiger partial charge in [-0.25, -0.2) is 0 Å². The molecule has 2 aliphatic rings. The third kappa shape index (κ3) is 3.20. The molecule has 0 spiro atoms. The molecule has 2 fully saturated rings. The monoisotopic (exact) mass is 280 g/mol. The summed E-state index contributed by atoms with van der Waals surface area (Å²) in [5, 5.41) is 0. The quantitative estimate of drug-likeness (QED) is 0.680. The first-order chi connectivity index (χ1) is 9.39. The summed E-state index contributed by atoms with van der Waals surface area (Å²) < 4.78 is 5.75. The highest BCUT2D eigenvalue weighted by atomic mass is 16.5.